The van der Waals surface area contributed by atoms with Crippen LogP contribution in [0, 0.1) is 5.92 Å². The van der Waals surface area contributed by atoms with Crippen LogP contribution in [0.15, 0.2) is 24.3 Å². The first-order valence-corrected chi connectivity index (χ1v) is 8.29. The van der Waals surface area contributed by atoms with Crippen molar-refractivity contribution in [1.29, 1.82) is 0 Å². The van der Waals surface area contributed by atoms with Gasteiger partial charge in [0.2, 0.25) is 0 Å². The number of thiocarbonyl (C=S) groups is 1. The normalized spacial score (nSPS) is 19.5. The molecule has 0 amide bonds. The summed E-state index contributed by atoms with van der Waals surface area (Å²) in [5, 5.41) is 7.34. The monoisotopic (exact) mass is 305 g/mol. The van der Waals surface area contributed by atoms with Crippen LogP contribution in [0.3, 0.4) is 0 Å². The van der Waals surface area contributed by atoms with E-state index in [-0.39, 0.29) is 0 Å². The smallest absolute Gasteiger partial charge is 0.170 e. The average molecular weight is 305 g/mol. The molecular weight excluding hydrogens is 278 g/mol. The van der Waals surface area contributed by atoms with Crippen LogP contribution in [0.25, 0.3) is 0 Å². The molecule has 1 atom stereocenters. The highest BCUT2D eigenvalue weighted by atomic mass is 32.1. The van der Waals surface area contributed by atoms with Gasteiger partial charge >= 0.3 is 0 Å². The molecule has 3 nitrogen and oxygen atoms in total. The van der Waals surface area contributed by atoms with Crippen LogP contribution in [0.5, 0.6) is 0 Å². The van der Waals surface area contributed by atoms with E-state index >= 15 is 0 Å². The van der Waals surface area contributed by atoms with Crippen molar-refractivity contribution in [1.82, 2.24) is 10.2 Å². The van der Waals surface area contributed by atoms with Gasteiger partial charge in [0.25, 0.3) is 0 Å². The second kappa shape index (κ2) is 7.76. The molecule has 1 saturated heterocycles. The van der Waals surface area contributed by atoms with E-state index < -0.39 is 0 Å². The fourth-order valence-corrected chi connectivity index (χ4v) is 3.00. The molecule has 0 radical (unpaired) electrons. The quantitative estimate of drug-likeness (QED) is 0.833. The lowest BCUT2D eigenvalue weighted by molar-refractivity contribution is 0.211. The third kappa shape index (κ3) is 5.29. The second-order valence-corrected chi connectivity index (χ2v) is 6.79. The number of nitrogens with zero attached hydrogens (tertiary/aromatic N) is 1. The van der Waals surface area contributed by atoms with Crippen molar-refractivity contribution in [2.75, 3.05) is 32.0 Å². The van der Waals surface area contributed by atoms with Gasteiger partial charge in [-0.25, -0.2) is 0 Å². The van der Waals surface area contributed by atoms with Crippen molar-refractivity contribution in [2.45, 2.75) is 32.6 Å². The van der Waals surface area contributed by atoms with E-state index in [1.54, 1.807) is 0 Å². The Labute approximate surface area is 134 Å². The number of anilines is 1. The first-order chi connectivity index (χ1) is 10.0. The molecule has 1 heterocycles. The van der Waals surface area contributed by atoms with Gasteiger partial charge in [-0.2, -0.15) is 0 Å². The molecule has 0 spiro atoms. The fraction of sp³-hybridized carbons (Fsp3) is 0.588. The predicted octanol–water partition coefficient (Wildman–Crippen LogP) is 3.44. The largest absolute Gasteiger partial charge is 0.362 e. The van der Waals surface area contributed by atoms with Crippen LogP contribution < -0.4 is 10.6 Å². The van der Waals surface area contributed by atoms with E-state index in [9.17, 15) is 0 Å². The molecule has 1 aliphatic rings. The maximum Gasteiger partial charge on any atom is 0.170 e. The van der Waals surface area contributed by atoms with E-state index in [1.807, 2.05) is 0 Å². The SMILES string of the molecule is CC(C)c1ccc(NC(=S)NC[C@H]2CCCN(C)C2)cc1. The molecule has 116 valence electrons. The molecule has 0 bridgehead atoms. The molecule has 1 aromatic rings. The highest BCUT2D eigenvalue weighted by molar-refractivity contribution is 7.80. The van der Waals surface area contributed by atoms with Gasteiger partial charge < -0.3 is 15.5 Å². The molecule has 1 aliphatic heterocycles. The van der Waals surface area contributed by atoms with Gasteiger partial charge in [0, 0.05) is 18.8 Å². The summed E-state index contributed by atoms with van der Waals surface area (Å²) in [6.07, 6.45) is 2.59. The number of piperidine rings is 1. The van der Waals surface area contributed by atoms with Crippen molar-refractivity contribution >= 4 is 23.0 Å². The Kier molecular flexibility index (Phi) is 6.00. The maximum absolute atomic E-state index is 5.38. The predicted molar refractivity (Wildman–Crippen MR) is 95.0 cm³/mol. The number of hydrogen-bond donors (Lipinski definition) is 2. The topological polar surface area (TPSA) is 27.3 Å². The highest BCUT2D eigenvalue weighted by Gasteiger charge is 2.16. The minimum atomic E-state index is 0.562. The zero-order valence-corrected chi connectivity index (χ0v) is 14.2. The lowest BCUT2D eigenvalue weighted by atomic mass is 9.99. The van der Waals surface area contributed by atoms with Gasteiger partial charge in [-0.1, -0.05) is 26.0 Å². The van der Waals surface area contributed by atoms with Crippen LogP contribution >= 0.6 is 12.2 Å². The van der Waals surface area contributed by atoms with Gasteiger partial charge in [-0.05, 0) is 68.2 Å². The minimum Gasteiger partial charge on any atom is -0.362 e. The Hall–Kier alpha value is -1.13. The molecule has 21 heavy (non-hydrogen) atoms. The standard InChI is InChI=1S/C17H27N3S/c1-13(2)15-6-8-16(9-7-15)19-17(21)18-11-14-5-4-10-20(3)12-14/h6-9,13-14H,4-5,10-12H2,1-3H3,(H2,18,19,21)/t14-/m1/s1. The van der Waals surface area contributed by atoms with Gasteiger partial charge in [0.1, 0.15) is 0 Å². The van der Waals surface area contributed by atoms with Crippen molar-refractivity contribution < 1.29 is 0 Å². The molecule has 2 N–H and O–H groups in total. The van der Waals surface area contributed by atoms with E-state index in [1.165, 1.54) is 31.5 Å². The Morgan fingerprint density at radius 3 is 2.67 bits per heavy atom. The summed E-state index contributed by atoms with van der Waals surface area (Å²) < 4.78 is 0. The maximum atomic E-state index is 5.38. The summed E-state index contributed by atoms with van der Waals surface area (Å²) in [6.45, 7) is 7.76. The summed E-state index contributed by atoms with van der Waals surface area (Å²) >= 11 is 5.38. The van der Waals surface area contributed by atoms with Crippen molar-refractivity contribution in [3.63, 3.8) is 0 Å². The Morgan fingerprint density at radius 2 is 2.05 bits per heavy atom. The third-order valence-electron chi connectivity index (χ3n) is 4.11. The number of rotatable bonds is 4. The zero-order chi connectivity index (χ0) is 15.2. The van der Waals surface area contributed by atoms with Crippen molar-refractivity contribution in [3.05, 3.63) is 29.8 Å². The average Bonchev–Trinajstić information content (AvgIpc) is 2.46. The molecule has 0 saturated carbocycles. The number of hydrogen-bond acceptors (Lipinski definition) is 2. The van der Waals surface area contributed by atoms with E-state index in [0.717, 1.165) is 17.3 Å². The summed E-state index contributed by atoms with van der Waals surface area (Å²) in [4.78, 5) is 2.40. The van der Waals surface area contributed by atoms with Crippen LogP contribution in [-0.4, -0.2) is 36.7 Å². The molecule has 4 heteroatoms. The Balaban J connectivity index is 1.76. The molecule has 0 aromatic heterocycles. The van der Waals surface area contributed by atoms with Crippen LogP contribution in [0.4, 0.5) is 5.69 Å². The van der Waals surface area contributed by atoms with E-state index in [2.05, 4.69) is 60.7 Å². The fourth-order valence-electron chi connectivity index (χ4n) is 2.80. The van der Waals surface area contributed by atoms with Crippen molar-refractivity contribution in [3.8, 4) is 0 Å². The first-order valence-electron chi connectivity index (χ1n) is 7.88. The highest BCUT2D eigenvalue weighted by Crippen LogP contribution is 2.17. The second-order valence-electron chi connectivity index (χ2n) is 6.38. The summed E-state index contributed by atoms with van der Waals surface area (Å²) in [7, 11) is 2.19. The number of likely N-dealkylation sites (tertiary alicyclic amines) is 1. The van der Waals surface area contributed by atoms with E-state index in [0.29, 0.717) is 11.8 Å². The lowest BCUT2D eigenvalue weighted by Crippen LogP contribution is -2.40. The number of nitrogens with one attached hydrogen (secondary N) is 2. The molecule has 2 rings (SSSR count). The molecular formula is C17H27N3S. The van der Waals surface area contributed by atoms with Gasteiger partial charge in [0.05, 0.1) is 0 Å². The third-order valence-corrected chi connectivity index (χ3v) is 4.35. The van der Waals surface area contributed by atoms with Crippen LogP contribution in [-0.2, 0) is 0 Å². The van der Waals surface area contributed by atoms with Crippen LogP contribution in [0.1, 0.15) is 38.2 Å². The lowest BCUT2D eigenvalue weighted by Gasteiger charge is -2.30. The van der Waals surface area contributed by atoms with Crippen molar-refractivity contribution in [2.24, 2.45) is 5.92 Å². The summed E-state index contributed by atoms with van der Waals surface area (Å²) in [6, 6.07) is 8.51. The summed E-state index contributed by atoms with van der Waals surface area (Å²) in [5.41, 5.74) is 2.40. The molecule has 0 aliphatic carbocycles. The van der Waals surface area contributed by atoms with Gasteiger partial charge in [0.15, 0.2) is 5.11 Å². The van der Waals surface area contributed by atoms with Crippen LogP contribution in [0.2, 0.25) is 0 Å². The first kappa shape index (κ1) is 16.2. The van der Waals surface area contributed by atoms with Gasteiger partial charge in [-0.3, -0.25) is 0 Å². The molecule has 0 unspecified atom stereocenters. The zero-order valence-electron chi connectivity index (χ0n) is 13.4. The Morgan fingerprint density at radius 1 is 1.33 bits per heavy atom. The van der Waals surface area contributed by atoms with Gasteiger partial charge in [-0.15, -0.1) is 0 Å². The molecule has 1 aromatic carbocycles. The number of benzene rings is 1. The Bertz CT molecular complexity index is 456. The minimum absolute atomic E-state index is 0.562. The molecule has 1 fully saturated rings. The van der Waals surface area contributed by atoms with E-state index in [4.69, 9.17) is 12.2 Å². The summed E-state index contributed by atoms with van der Waals surface area (Å²) in [5.74, 6) is 1.26.